The van der Waals surface area contributed by atoms with Gasteiger partial charge in [-0.3, -0.25) is 0 Å². The van der Waals surface area contributed by atoms with Crippen molar-refractivity contribution in [3.05, 3.63) is 0 Å². The van der Waals surface area contributed by atoms with Crippen LogP contribution in [0.5, 0.6) is 0 Å². The zero-order valence-corrected chi connectivity index (χ0v) is 7.09. The second kappa shape index (κ2) is 7.65. The van der Waals surface area contributed by atoms with Crippen molar-refractivity contribution < 1.29 is 9.53 Å². The number of aldehydes is 1. The Morgan fingerprint density at radius 1 is 1.64 bits per heavy atom. The summed E-state index contributed by atoms with van der Waals surface area (Å²) < 4.78 is 4.98. The zero-order valence-electron chi connectivity index (χ0n) is 7.09. The van der Waals surface area contributed by atoms with Crippen LogP contribution in [0.4, 0.5) is 0 Å². The number of rotatable bonds is 1. The van der Waals surface area contributed by atoms with E-state index in [2.05, 4.69) is 10.6 Å². The molecule has 4 heteroatoms. The molecular weight excluding hydrogens is 144 g/mol. The van der Waals surface area contributed by atoms with E-state index < -0.39 is 0 Å². The minimum Gasteiger partial charge on any atom is -0.378 e. The molecule has 66 valence electrons. The summed E-state index contributed by atoms with van der Waals surface area (Å²) in [7, 11) is 3.75. The molecule has 1 aliphatic rings. The number of hydrogen-bond donors (Lipinski definition) is 2. The number of carbonyl (C=O) groups excluding carboxylic acids is 1. The van der Waals surface area contributed by atoms with E-state index in [4.69, 9.17) is 4.74 Å². The molecule has 0 spiro atoms. The number of morpholine rings is 1. The molecule has 0 aromatic carbocycles. The van der Waals surface area contributed by atoms with Gasteiger partial charge in [-0.2, -0.15) is 0 Å². The van der Waals surface area contributed by atoms with Crippen LogP contribution in [0.1, 0.15) is 0 Å². The van der Waals surface area contributed by atoms with Crippen LogP contribution in [0.15, 0.2) is 0 Å². The molecule has 0 aromatic heterocycles. The molecule has 1 saturated heterocycles. The highest BCUT2D eigenvalue weighted by Gasteiger charge is 2.09. The van der Waals surface area contributed by atoms with Crippen LogP contribution in [0.3, 0.4) is 0 Å². The molecule has 2 N–H and O–H groups in total. The van der Waals surface area contributed by atoms with Gasteiger partial charge in [0, 0.05) is 6.54 Å². The van der Waals surface area contributed by atoms with E-state index in [1.165, 1.54) is 0 Å². The highest BCUT2D eigenvalue weighted by molar-refractivity contribution is 5.57. The maximum atomic E-state index is 10.0. The van der Waals surface area contributed by atoms with E-state index in [0.717, 1.165) is 19.4 Å². The summed E-state index contributed by atoms with van der Waals surface area (Å²) in [4.78, 5) is 10.0. The van der Waals surface area contributed by atoms with E-state index in [1.807, 2.05) is 14.1 Å². The molecule has 0 radical (unpaired) electrons. The van der Waals surface area contributed by atoms with Gasteiger partial charge in [0.25, 0.3) is 0 Å². The summed E-state index contributed by atoms with van der Waals surface area (Å²) in [5, 5.41) is 5.73. The summed E-state index contributed by atoms with van der Waals surface area (Å²) in [6.07, 6.45) is 0.874. The number of nitrogens with one attached hydrogen (secondary N) is 2. The Bertz CT molecular complexity index is 92.4. The Hall–Kier alpha value is -0.450. The quantitative estimate of drug-likeness (QED) is 0.484. The molecule has 1 aliphatic heterocycles. The Kier molecular flexibility index (Phi) is 7.34. The van der Waals surface area contributed by atoms with Gasteiger partial charge in [0.05, 0.1) is 19.3 Å². The standard InChI is InChI=1S/C5H9NO2.C2H7N/c7-3-5-4-8-2-1-6-5;1-3-2/h3,5-6H,1-2,4H2;3H,1-2H3. The third-order valence-electron chi connectivity index (χ3n) is 1.11. The summed E-state index contributed by atoms with van der Waals surface area (Å²) in [6.45, 7) is 2.05. The maximum Gasteiger partial charge on any atom is 0.139 e. The van der Waals surface area contributed by atoms with Gasteiger partial charge in [0.1, 0.15) is 6.29 Å². The first-order chi connectivity index (χ1) is 5.35. The third-order valence-corrected chi connectivity index (χ3v) is 1.11. The fraction of sp³-hybridized carbons (Fsp3) is 0.857. The number of hydrogen-bond acceptors (Lipinski definition) is 4. The van der Waals surface area contributed by atoms with Crippen LogP contribution in [0.25, 0.3) is 0 Å². The van der Waals surface area contributed by atoms with E-state index in [-0.39, 0.29) is 6.04 Å². The van der Waals surface area contributed by atoms with Crippen molar-refractivity contribution in [2.75, 3.05) is 33.9 Å². The predicted octanol–water partition coefficient (Wildman–Crippen LogP) is -0.991. The van der Waals surface area contributed by atoms with Gasteiger partial charge in [0.15, 0.2) is 0 Å². The molecule has 0 amide bonds. The largest absolute Gasteiger partial charge is 0.378 e. The Morgan fingerprint density at radius 2 is 2.27 bits per heavy atom. The topological polar surface area (TPSA) is 50.4 Å². The Balaban J connectivity index is 0.000000292. The van der Waals surface area contributed by atoms with Crippen molar-refractivity contribution in [2.45, 2.75) is 6.04 Å². The minimum absolute atomic E-state index is 0.0660. The van der Waals surface area contributed by atoms with E-state index in [0.29, 0.717) is 6.61 Å². The smallest absolute Gasteiger partial charge is 0.139 e. The van der Waals surface area contributed by atoms with Crippen molar-refractivity contribution in [1.29, 1.82) is 0 Å². The van der Waals surface area contributed by atoms with Gasteiger partial charge in [-0.15, -0.1) is 0 Å². The second-order valence-corrected chi connectivity index (χ2v) is 2.27. The Labute approximate surface area is 67.3 Å². The van der Waals surface area contributed by atoms with Gasteiger partial charge in [0.2, 0.25) is 0 Å². The van der Waals surface area contributed by atoms with Gasteiger partial charge in [-0.1, -0.05) is 0 Å². The molecule has 0 aromatic rings. The Morgan fingerprint density at radius 3 is 2.55 bits per heavy atom. The third kappa shape index (κ3) is 5.97. The first-order valence-electron chi connectivity index (χ1n) is 3.70. The molecule has 1 fully saturated rings. The van der Waals surface area contributed by atoms with Gasteiger partial charge >= 0.3 is 0 Å². The highest BCUT2D eigenvalue weighted by atomic mass is 16.5. The van der Waals surface area contributed by atoms with Crippen molar-refractivity contribution >= 4 is 6.29 Å². The first kappa shape index (κ1) is 10.6. The average molecular weight is 160 g/mol. The van der Waals surface area contributed by atoms with Crippen molar-refractivity contribution in [2.24, 2.45) is 0 Å². The number of ether oxygens (including phenoxy) is 1. The van der Waals surface area contributed by atoms with Crippen LogP contribution in [0.2, 0.25) is 0 Å². The van der Waals surface area contributed by atoms with E-state index >= 15 is 0 Å². The monoisotopic (exact) mass is 160 g/mol. The van der Waals surface area contributed by atoms with Crippen molar-refractivity contribution in [1.82, 2.24) is 10.6 Å². The van der Waals surface area contributed by atoms with Gasteiger partial charge in [-0.05, 0) is 14.1 Å². The van der Waals surface area contributed by atoms with Gasteiger partial charge in [-0.25, -0.2) is 0 Å². The molecule has 11 heavy (non-hydrogen) atoms. The molecule has 1 rings (SSSR count). The zero-order chi connectivity index (χ0) is 8.53. The summed E-state index contributed by atoms with van der Waals surface area (Å²) >= 11 is 0. The van der Waals surface area contributed by atoms with Crippen molar-refractivity contribution in [3.63, 3.8) is 0 Å². The summed E-state index contributed by atoms with van der Waals surface area (Å²) in [5.74, 6) is 0. The lowest BCUT2D eigenvalue weighted by molar-refractivity contribution is -0.112. The molecule has 0 aliphatic carbocycles. The van der Waals surface area contributed by atoms with Crippen LogP contribution in [0, 0.1) is 0 Å². The normalized spacial score (nSPS) is 23.3. The summed E-state index contributed by atoms with van der Waals surface area (Å²) in [6, 6.07) is -0.0660. The molecule has 1 unspecified atom stereocenters. The van der Waals surface area contributed by atoms with Crippen LogP contribution >= 0.6 is 0 Å². The number of carbonyl (C=O) groups is 1. The van der Waals surface area contributed by atoms with Crippen LogP contribution in [-0.2, 0) is 9.53 Å². The lowest BCUT2D eigenvalue weighted by atomic mass is 10.3. The van der Waals surface area contributed by atoms with Crippen LogP contribution < -0.4 is 10.6 Å². The molecular formula is C7H16N2O2. The minimum atomic E-state index is -0.0660. The van der Waals surface area contributed by atoms with Gasteiger partial charge < -0.3 is 20.2 Å². The van der Waals surface area contributed by atoms with Crippen molar-refractivity contribution in [3.8, 4) is 0 Å². The highest BCUT2D eigenvalue weighted by Crippen LogP contribution is 1.87. The second-order valence-electron chi connectivity index (χ2n) is 2.27. The summed E-state index contributed by atoms with van der Waals surface area (Å²) in [5.41, 5.74) is 0. The fourth-order valence-corrected chi connectivity index (χ4v) is 0.673. The van der Waals surface area contributed by atoms with E-state index in [9.17, 15) is 4.79 Å². The lowest BCUT2D eigenvalue weighted by Crippen LogP contribution is -2.42. The predicted molar refractivity (Wildman–Crippen MR) is 43.7 cm³/mol. The average Bonchev–Trinajstić information content (AvgIpc) is 2.08. The van der Waals surface area contributed by atoms with E-state index in [1.54, 1.807) is 0 Å². The first-order valence-corrected chi connectivity index (χ1v) is 3.70. The molecule has 0 bridgehead atoms. The SMILES string of the molecule is CNC.O=CC1COCCN1. The fourth-order valence-electron chi connectivity index (χ4n) is 0.673. The maximum absolute atomic E-state index is 10.0. The molecule has 1 atom stereocenters. The molecule has 0 saturated carbocycles. The van der Waals surface area contributed by atoms with Crippen LogP contribution in [-0.4, -0.2) is 46.2 Å². The lowest BCUT2D eigenvalue weighted by Gasteiger charge is -2.17. The molecule has 1 heterocycles. The molecule has 4 nitrogen and oxygen atoms in total.